The monoisotopic (exact) mass is 334 g/mol. The van der Waals surface area contributed by atoms with Gasteiger partial charge in [0, 0.05) is 46.6 Å². The second-order valence-corrected chi connectivity index (χ2v) is 6.48. The number of rotatable bonds is 3. The lowest BCUT2D eigenvalue weighted by Crippen LogP contribution is -2.28. The van der Waals surface area contributed by atoms with Crippen molar-refractivity contribution in [2.24, 2.45) is 0 Å². The number of nitrogens with two attached hydrogens (primary N) is 1. The van der Waals surface area contributed by atoms with Gasteiger partial charge in [0.2, 0.25) is 0 Å². The van der Waals surface area contributed by atoms with Crippen LogP contribution in [0.2, 0.25) is 0 Å². The highest BCUT2D eigenvalue weighted by Gasteiger charge is 2.21. The number of fused-ring (bicyclic) bond motifs is 3. The van der Waals surface area contributed by atoms with E-state index in [1.807, 2.05) is 30.3 Å². The molecular weight excluding hydrogens is 312 g/mol. The molecule has 2 heterocycles. The van der Waals surface area contributed by atoms with Gasteiger partial charge in [0.1, 0.15) is 0 Å². The molecule has 4 N–H and O–H groups in total. The van der Waals surface area contributed by atoms with E-state index < -0.39 is 0 Å². The number of carbonyl (C=O) groups is 1. The van der Waals surface area contributed by atoms with Crippen LogP contribution < -0.4 is 16.0 Å². The molecule has 1 amide bonds. The standard InChI is InChI=1S/C20H22N4O/c1-2-24-10-4-7-18-19(24)16-11-13(8-9-17(16)23-18)20(25)22-15-6-3-5-14(21)12-15/h3,5-6,8-9,11-12,23H,2,4,7,10,21H2,1H3,(H,22,25). The Morgan fingerprint density at radius 1 is 1.28 bits per heavy atom. The predicted octanol–water partition coefficient (Wildman–Crippen LogP) is 3.77. The molecule has 0 aliphatic carbocycles. The summed E-state index contributed by atoms with van der Waals surface area (Å²) in [6.07, 6.45) is 2.22. The minimum Gasteiger partial charge on any atom is -0.399 e. The van der Waals surface area contributed by atoms with Gasteiger partial charge in [0.05, 0.1) is 5.69 Å². The van der Waals surface area contributed by atoms with Gasteiger partial charge in [0.25, 0.3) is 5.91 Å². The van der Waals surface area contributed by atoms with Crippen LogP contribution in [-0.4, -0.2) is 24.0 Å². The van der Waals surface area contributed by atoms with E-state index in [4.69, 9.17) is 5.73 Å². The molecule has 5 nitrogen and oxygen atoms in total. The Labute approximate surface area is 146 Å². The fourth-order valence-corrected chi connectivity index (χ4v) is 3.61. The maximum Gasteiger partial charge on any atom is 0.255 e. The van der Waals surface area contributed by atoms with E-state index in [2.05, 4.69) is 22.1 Å². The Kier molecular flexibility index (Phi) is 3.84. The molecule has 5 heteroatoms. The summed E-state index contributed by atoms with van der Waals surface area (Å²) < 4.78 is 0. The van der Waals surface area contributed by atoms with Gasteiger partial charge < -0.3 is 20.9 Å². The maximum absolute atomic E-state index is 12.6. The molecule has 0 fully saturated rings. The third-order valence-corrected chi connectivity index (χ3v) is 4.81. The van der Waals surface area contributed by atoms with Crippen LogP contribution in [0.3, 0.4) is 0 Å². The average molecular weight is 334 g/mol. The molecule has 25 heavy (non-hydrogen) atoms. The van der Waals surface area contributed by atoms with Gasteiger partial charge in [-0.15, -0.1) is 0 Å². The van der Waals surface area contributed by atoms with Gasteiger partial charge in [0.15, 0.2) is 0 Å². The van der Waals surface area contributed by atoms with E-state index in [0.29, 0.717) is 16.9 Å². The van der Waals surface area contributed by atoms with Crippen molar-refractivity contribution in [1.29, 1.82) is 0 Å². The molecule has 1 aliphatic rings. The van der Waals surface area contributed by atoms with Gasteiger partial charge in [-0.1, -0.05) is 6.07 Å². The SMILES string of the molecule is CCN1CCCc2[nH]c3ccc(C(=O)Nc4cccc(N)c4)cc3c21. The molecule has 0 radical (unpaired) electrons. The van der Waals surface area contributed by atoms with E-state index in [-0.39, 0.29) is 5.91 Å². The number of H-pyrrole nitrogens is 1. The third-order valence-electron chi connectivity index (χ3n) is 4.81. The molecule has 0 unspecified atom stereocenters. The third kappa shape index (κ3) is 2.82. The first-order chi connectivity index (χ1) is 12.2. The van der Waals surface area contributed by atoms with Crippen molar-refractivity contribution in [3.63, 3.8) is 0 Å². The van der Waals surface area contributed by atoms with Crippen LogP contribution in [0.4, 0.5) is 17.1 Å². The average Bonchev–Trinajstić information content (AvgIpc) is 2.99. The van der Waals surface area contributed by atoms with Crippen molar-refractivity contribution < 1.29 is 4.79 Å². The molecular formula is C20H22N4O. The number of anilines is 3. The highest BCUT2D eigenvalue weighted by molar-refractivity contribution is 6.08. The number of aromatic nitrogens is 1. The van der Waals surface area contributed by atoms with Gasteiger partial charge in [-0.2, -0.15) is 0 Å². The zero-order valence-corrected chi connectivity index (χ0v) is 14.3. The van der Waals surface area contributed by atoms with Crippen LogP contribution in [0.5, 0.6) is 0 Å². The minimum absolute atomic E-state index is 0.124. The number of hydrogen-bond donors (Lipinski definition) is 3. The molecule has 128 valence electrons. The summed E-state index contributed by atoms with van der Waals surface area (Å²) >= 11 is 0. The second-order valence-electron chi connectivity index (χ2n) is 6.48. The molecule has 0 spiro atoms. The number of carbonyl (C=O) groups excluding carboxylic acids is 1. The van der Waals surface area contributed by atoms with Crippen LogP contribution >= 0.6 is 0 Å². The van der Waals surface area contributed by atoms with E-state index in [1.165, 1.54) is 11.4 Å². The van der Waals surface area contributed by atoms with Crippen molar-refractivity contribution in [2.75, 3.05) is 29.0 Å². The summed E-state index contributed by atoms with van der Waals surface area (Å²) in [5.74, 6) is -0.124. The Bertz CT molecular complexity index is 944. The van der Waals surface area contributed by atoms with Crippen molar-refractivity contribution in [3.05, 3.63) is 53.7 Å². The van der Waals surface area contributed by atoms with Gasteiger partial charge in [-0.05, 0) is 56.2 Å². The summed E-state index contributed by atoms with van der Waals surface area (Å²) in [5.41, 5.74) is 11.4. The summed E-state index contributed by atoms with van der Waals surface area (Å²) in [5, 5.41) is 4.04. The maximum atomic E-state index is 12.6. The molecule has 0 saturated heterocycles. The first kappa shape index (κ1) is 15.6. The number of amides is 1. The molecule has 4 rings (SSSR count). The normalized spacial score (nSPS) is 13.7. The number of benzene rings is 2. The zero-order valence-electron chi connectivity index (χ0n) is 14.3. The lowest BCUT2D eigenvalue weighted by Gasteiger charge is -2.28. The number of nitrogens with zero attached hydrogens (tertiary/aromatic N) is 1. The smallest absolute Gasteiger partial charge is 0.255 e. The summed E-state index contributed by atoms with van der Waals surface area (Å²) in [6.45, 7) is 4.21. The van der Waals surface area contributed by atoms with E-state index in [1.54, 1.807) is 12.1 Å². The van der Waals surface area contributed by atoms with Gasteiger partial charge in [-0.3, -0.25) is 4.79 Å². The van der Waals surface area contributed by atoms with Gasteiger partial charge >= 0.3 is 0 Å². The van der Waals surface area contributed by atoms with E-state index in [0.717, 1.165) is 36.8 Å². The Morgan fingerprint density at radius 3 is 2.96 bits per heavy atom. The number of aryl methyl sites for hydroxylation is 1. The second kappa shape index (κ2) is 6.16. The molecule has 1 aliphatic heterocycles. The van der Waals surface area contributed by atoms with Crippen molar-refractivity contribution >= 4 is 33.9 Å². The van der Waals surface area contributed by atoms with Crippen molar-refractivity contribution in [1.82, 2.24) is 4.98 Å². The molecule has 3 aromatic rings. The lowest BCUT2D eigenvalue weighted by atomic mass is 10.1. The summed E-state index contributed by atoms with van der Waals surface area (Å²) in [7, 11) is 0. The highest BCUT2D eigenvalue weighted by Crippen LogP contribution is 2.35. The first-order valence-electron chi connectivity index (χ1n) is 8.72. The molecule has 0 atom stereocenters. The van der Waals surface area contributed by atoms with Crippen LogP contribution in [0.1, 0.15) is 29.4 Å². The summed E-state index contributed by atoms with van der Waals surface area (Å²) in [6, 6.07) is 13.1. The minimum atomic E-state index is -0.124. The van der Waals surface area contributed by atoms with Crippen LogP contribution in [-0.2, 0) is 6.42 Å². The molecule has 0 saturated carbocycles. The topological polar surface area (TPSA) is 74.2 Å². The van der Waals surface area contributed by atoms with Crippen LogP contribution in [0, 0.1) is 0 Å². The van der Waals surface area contributed by atoms with E-state index >= 15 is 0 Å². The fraction of sp³-hybridized carbons (Fsp3) is 0.250. The quantitative estimate of drug-likeness (QED) is 0.638. The van der Waals surface area contributed by atoms with Crippen LogP contribution in [0.25, 0.3) is 10.9 Å². The number of nitrogens with one attached hydrogen (secondary N) is 2. The Morgan fingerprint density at radius 2 is 2.16 bits per heavy atom. The molecule has 0 bridgehead atoms. The number of nitrogen functional groups attached to an aromatic ring is 1. The number of hydrogen-bond acceptors (Lipinski definition) is 3. The largest absolute Gasteiger partial charge is 0.399 e. The molecule has 1 aromatic heterocycles. The van der Waals surface area contributed by atoms with Gasteiger partial charge in [-0.25, -0.2) is 0 Å². The fourth-order valence-electron chi connectivity index (χ4n) is 3.61. The first-order valence-corrected chi connectivity index (χ1v) is 8.72. The zero-order chi connectivity index (χ0) is 17.4. The van der Waals surface area contributed by atoms with E-state index in [9.17, 15) is 4.79 Å². The lowest BCUT2D eigenvalue weighted by molar-refractivity contribution is 0.102. The van der Waals surface area contributed by atoms with Crippen LogP contribution in [0.15, 0.2) is 42.5 Å². The Balaban J connectivity index is 1.70. The Hall–Kier alpha value is -2.95. The molecule has 2 aromatic carbocycles. The van der Waals surface area contributed by atoms with Crippen molar-refractivity contribution in [2.45, 2.75) is 19.8 Å². The highest BCUT2D eigenvalue weighted by atomic mass is 16.1. The predicted molar refractivity (Wildman–Crippen MR) is 103 cm³/mol. The number of aromatic amines is 1. The van der Waals surface area contributed by atoms with Crippen molar-refractivity contribution in [3.8, 4) is 0 Å². The summed E-state index contributed by atoms with van der Waals surface area (Å²) in [4.78, 5) is 18.5.